The summed E-state index contributed by atoms with van der Waals surface area (Å²) in [5, 5.41) is 13.2. The monoisotopic (exact) mass is 298 g/mol. The van der Waals surface area contributed by atoms with E-state index in [0.717, 1.165) is 4.48 Å². The third-order valence-electron chi connectivity index (χ3n) is 3.74. The molecule has 1 aliphatic heterocycles. The molecule has 0 saturated carbocycles. The van der Waals surface area contributed by atoms with Gasteiger partial charge in [-0.15, -0.1) is 0 Å². The summed E-state index contributed by atoms with van der Waals surface area (Å²) in [6.45, 7) is -0.656. The van der Waals surface area contributed by atoms with Crippen LogP contribution in [0.4, 0.5) is 14.3 Å². The molecule has 1 aromatic heterocycles. The summed E-state index contributed by atoms with van der Waals surface area (Å²) in [6, 6.07) is 11.8. The van der Waals surface area contributed by atoms with E-state index in [1.807, 2.05) is 6.07 Å². The lowest BCUT2D eigenvalue weighted by molar-refractivity contribution is -0.569. The van der Waals surface area contributed by atoms with E-state index in [9.17, 15) is 13.9 Å². The van der Waals surface area contributed by atoms with Gasteiger partial charge in [-0.25, -0.2) is 0 Å². The van der Waals surface area contributed by atoms with Gasteiger partial charge in [-0.1, -0.05) is 24.3 Å². The van der Waals surface area contributed by atoms with Crippen molar-refractivity contribution in [1.29, 1.82) is 5.26 Å². The van der Waals surface area contributed by atoms with E-state index in [1.165, 1.54) is 18.3 Å². The lowest BCUT2D eigenvalue weighted by Gasteiger charge is -2.36. The van der Waals surface area contributed by atoms with Gasteiger partial charge in [-0.05, 0) is 31.0 Å². The second-order valence-corrected chi connectivity index (χ2v) is 5.23. The zero-order valence-corrected chi connectivity index (χ0v) is 12.2. The first-order valence-corrected chi connectivity index (χ1v) is 6.84. The molecule has 0 fully saturated rings. The van der Waals surface area contributed by atoms with E-state index in [4.69, 9.17) is 0 Å². The Bertz CT molecular complexity index is 806. The maximum atomic E-state index is 15.0. The van der Waals surface area contributed by atoms with E-state index >= 15 is 0 Å². The molecule has 0 unspecified atom stereocenters. The average molecular weight is 298 g/mol. The molecule has 22 heavy (non-hydrogen) atoms. The number of anilines is 1. The van der Waals surface area contributed by atoms with Crippen molar-refractivity contribution in [3.63, 3.8) is 0 Å². The molecule has 2 heterocycles. The molecule has 1 aliphatic rings. The number of aryl methyl sites for hydroxylation is 2. The topological polar surface area (TPSA) is 43.3 Å². The first-order valence-electron chi connectivity index (χ1n) is 6.84. The number of pyridine rings is 1. The van der Waals surface area contributed by atoms with Crippen molar-refractivity contribution < 1.29 is 13.1 Å². The normalized spacial score (nSPS) is 15.8. The molecular formula is C15H13BF2N4. The van der Waals surface area contributed by atoms with Crippen LogP contribution in [0.1, 0.15) is 16.8 Å². The van der Waals surface area contributed by atoms with Crippen molar-refractivity contribution in [1.82, 2.24) is 0 Å². The van der Waals surface area contributed by atoms with Crippen molar-refractivity contribution in [3.8, 4) is 6.07 Å². The molecule has 0 radical (unpaired) electrons. The highest BCUT2D eigenvalue weighted by atomic mass is 19.2. The van der Waals surface area contributed by atoms with Gasteiger partial charge in [0.15, 0.2) is 5.69 Å². The van der Waals surface area contributed by atoms with Gasteiger partial charge in [0.2, 0.25) is 5.71 Å². The standard InChI is InChI=1S/C15H13BF2N4/c1-11-6-5-7-12(2)15(11)22-16(17,18)21-9-4-3-8-14(21)13(10-19)20-22/h3-9H,1-2H3. The van der Waals surface area contributed by atoms with Crippen LogP contribution in [0.3, 0.4) is 0 Å². The lowest BCUT2D eigenvalue weighted by atomic mass is 9.89. The Morgan fingerprint density at radius 1 is 1.14 bits per heavy atom. The zero-order valence-electron chi connectivity index (χ0n) is 12.2. The summed E-state index contributed by atoms with van der Waals surface area (Å²) in [5.41, 5.74) is 1.79. The molecule has 0 saturated heterocycles. The first kappa shape index (κ1) is 14.2. The van der Waals surface area contributed by atoms with Gasteiger partial charge in [0.1, 0.15) is 12.3 Å². The summed E-state index contributed by atoms with van der Waals surface area (Å²) in [4.78, 5) is 0.691. The van der Waals surface area contributed by atoms with Crippen LogP contribution in [-0.4, -0.2) is 12.7 Å². The zero-order chi connectivity index (χ0) is 15.9. The molecule has 3 rings (SSSR count). The Balaban J connectivity index is 2.29. The van der Waals surface area contributed by atoms with E-state index in [2.05, 4.69) is 5.10 Å². The summed E-state index contributed by atoms with van der Waals surface area (Å²) in [5.74, 6) is 0. The predicted molar refractivity (Wildman–Crippen MR) is 80.6 cm³/mol. The number of hydrogen-bond acceptors (Lipinski definition) is 3. The maximum Gasteiger partial charge on any atom is 0.753 e. The molecule has 0 aliphatic carbocycles. The molecular weight excluding hydrogens is 285 g/mol. The fourth-order valence-corrected chi connectivity index (χ4v) is 2.73. The second-order valence-electron chi connectivity index (χ2n) is 5.23. The number of benzene rings is 1. The quantitative estimate of drug-likeness (QED) is 0.759. The Labute approximate surface area is 127 Å². The predicted octanol–water partition coefficient (Wildman–Crippen LogP) is 2.56. The van der Waals surface area contributed by atoms with Crippen LogP contribution in [0.25, 0.3) is 0 Å². The molecule has 0 N–H and O–H groups in total. The highest BCUT2D eigenvalue weighted by Crippen LogP contribution is 2.31. The largest absolute Gasteiger partial charge is 0.753 e. The van der Waals surface area contributed by atoms with Crippen LogP contribution in [0.15, 0.2) is 47.7 Å². The van der Waals surface area contributed by atoms with Crippen LogP contribution < -0.4 is 9.40 Å². The lowest BCUT2D eigenvalue weighted by Crippen LogP contribution is -2.72. The maximum absolute atomic E-state index is 15.0. The highest BCUT2D eigenvalue weighted by molar-refractivity contribution is 6.62. The van der Waals surface area contributed by atoms with Crippen molar-refractivity contribution in [2.75, 3.05) is 4.92 Å². The molecule has 110 valence electrons. The van der Waals surface area contributed by atoms with E-state index in [-0.39, 0.29) is 11.4 Å². The highest BCUT2D eigenvalue weighted by Gasteiger charge is 2.53. The number of rotatable bonds is 1. The number of nitrogens with zero attached hydrogens (tertiary/aromatic N) is 4. The fraction of sp³-hybridized carbons (Fsp3) is 0.133. The fourth-order valence-electron chi connectivity index (χ4n) is 2.73. The Morgan fingerprint density at radius 2 is 1.82 bits per heavy atom. The minimum absolute atomic E-state index is 0.0314. The number of para-hydroxylation sites is 1. The van der Waals surface area contributed by atoms with Crippen molar-refractivity contribution in [2.45, 2.75) is 13.8 Å². The molecule has 0 bridgehead atoms. The van der Waals surface area contributed by atoms with Gasteiger partial charge in [0, 0.05) is 11.8 Å². The Morgan fingerprint density at radius 3 is 2.45 bits per heavy atom. The third kappa shape index (κ3) is 1.96. The summed E-state index contributed by atoms with van der Waals surface area (Å²) in [7, 11) is 0. The molecule has 0 amide bonds. The number of hydrogen-bond donors (Lipinski definition) is 0. The van der Waals surface area contributed by atoms with Gasteiger partial charge in [0.05, 0.1) is 0 Å². The minimum Gasteiger partial charge on any atom is -0.388 e. The van der Waals surface area contributed by atoms with Gasteiger partial charge < -0.3 is 18.0 Å². The van der Waals surface area contributed by atoms with Crippen LogP contribution in [0, 0.1) is 25.2 Å². The van der Waals surface area contributed by atoms with Crippen molar-refractivity contribution in [2.24, 2.45) is 5.10 Å². The molecule has 7 heteroatoms. The van der Waals surface area contributed by atoms with E-state index in [1.54, 1.807) is 38.1 Å². The number of hydrazone groups is 1. The minimum atomic E-state index is -4.16. The van der Waals surface area contributed by atoms with Crippen LogP contribution in [-0.2, 0) is 0 Å². The number of aromatic nitrogens is 1. The summed E-state index contributed by atoms with van der Waals surface area (Å²) >= 11 is 0. The number of fused-ring (bicyclic) bond motifs is 1. The Hall–Kier alpha value is -2.75. The van der Waals surface area contributed by atoms with E-state index in [0.29, 0.717) is 21.7 Å². The van der Waals surface area contributed by atoms with Crippen LogP contribution in [0.5, 0.6) is 0 Å². The Kier molecular flexibility index (Phi) is 3.17. The molecule has 0 atom stereocenters. The van der Waals surface area contributed by atoms with Crippen molar-refractivity contribution in [3.05, 3.63) is 59.4 Å². The molecule has 2 aromatic rings. The number of halogens is 2. The molecule has 0 spiro atoms. The summed E-state index contributed by atoms with van der Waals surface area (Å²) in [6.07, 6.45) is 1.28. The van der Waals surface area contributed by atoms with Gasteiger partial charge >= 0.3 is 6.97 Å². The second kappa shape index (κ2) is 4.91. The smallest absolute Gasteiger partial charge is 0.388 e. The SMILES string of the molecule is Cc1cccc(C)c1N1N=C(C#N)c2cccc[n+]2[B-]1(F)F. The average Bonchev–Trinajstić information content (AvgIpc) is 2.49. The molecule has 1 aromatic carbocycles. The van der Waals surface area contributed by atoms with E-state index < -0.39 is 6.97 Å². The first-order chi connectivity index (χ1) is 10.5. The van der Waals surface area contributed by atoms with Gasteiger partial charge in [0.25, 0.3) is 0 Å². The van der Waals surface area contributed by atoms with Crippen molar-refractivity contribution >= 4 is 18.4 Å². The van der Waals surface area contributed by atoms with Crippen LogP contribution >= 0.6 is 0 Å². The van der Waals surface area contributed by atoms with Gasteiger partial charge in [-0.2, -0.15) is 10.4 Å². The number of nitriles is 1. The van der Waals surface area contributed by atoms with Gasteiger partial charge in [-0.3, -0.25) is 0 Å². The van der Waals surface area contributed by atoms with Crippen LogP contribution in [0.2, 0.25) is 0 Å². The molecule has 4 nitrogen and oxygen atoms in total. The third-order valence-corrected chi connectivity index (χ3v) is 3.74. The summed E-state index contributed by atoms with van der Waals surface area (Å²) < 4.78 is 30.7.